The minimum atomic E-state index is -0.314. The molecule has 0 fully saturated rings. The molecule has 0 amide bonds. The van der Waals surface area contributed by atoms with Crippen LogP contribution >= 0.6 is 0 Å². The number of rotatable bonds is 4. The lowest BCUT2D eigenvalue weighted by molar-refractivity contribution is 0.355. The number of H-pyrrole nitrogens is 1. The highest BCUT2D eigenvalue weighted by Gasteiger charge is 2.15. The molecule has 0 aliphatic heterocycles. The van der Waals surface area contributed by atoms with Crippen LogP contribution in [0.3, 0.4) is 0 Å². The van der Waals surface area contributed by atoms with E-state index >= 15 is 0 Å². The summed E-state index contributed by atoms with van der Waals surface area (Å²) in [5, 5.41) is 11.1. The first-order chi connectivity index (χ1) is 11.1. The standard InChI is InChI=1S/C18H17NO4/c1-22-15-9-12-14(10-16(15)23-2)19-18(21)13(17(12)20)8-11-6-4-3-5-7-11/h3-7,9-10H,8H2,1-2H3,(H2,19,20,21). The zero-order valence-electron chi connectivity index (χ0n) is 12.9. The van der Waals surface area contributed by atoms with E-state index in [-0.39, 0.29) is 11.3 Å². The Morgan fingerprint density at radius 3 is 2.35 bits per heavy atom. The van der Waals surface area contributed by atoms with Gasteiger partial charge in [0.1, 0.15) is 5.75 Å². The van der Waals surface area contributed by atoms with Crippen molar-refractivity contribution in [3.63, 3.8) is 0 Å². The summed E-state index contributed by atoms with van der Waals surface area (Å²) in [5.74, 6) is 0.951. The van der Waals surface area contributed by atoms with Gasteiger partial charge < -0.3 is 19.6 Å². The average Bonchev–Trinajstić information content (AvgIpc) is 2.58. The average molecular weight is 311 g/mol. The first-order valence-electron chi connectivity index (χ1n) is 7.17. The van der Waals surface area contributed by atoms with Gasteiger partial charge >= 0.3 is 0 Å². The van der Waals surface area contributed by atoms with E-state index < -0.39 is 0 Å². The molecule has 5 nitrogen and oxygen atoms in total. The predicted octanol–water partition coefficient (Wildman–Crippen LogP) is 2.84. The van der Waals surface area contributed by atoms with Gasteiger partial charge in [-0.2, -0.15) is 0 Å². The van der Waals surface area contributed by atoms with Crippen LogP contribution in [-0.2, 0) is 6.42 Å². The number of hydrogen-bond acceptors (Lipinski definition) is 4. The number of aromatic amines is 1. The maximum Gasteiger partial charge on any atom is 0.255 e. The van der Waals surface area contributed by atoms with E-state index in [1.54, 1.807) is 12.1 Å². The third-order valence-corrected chi connectivity index (χ3v) is 3.81. The van der Waals surface area contributed by atoms with E-state index in [2.05, 4.69) is 4.98 Å². The van der Waals surface area contributed by atoms with Crippen molar-refractivity contribution in [3.05, 3.63) is 63.9 Å². The van der Waals surface area contributed by atoms with E-state index in [4.69, 9.17) is 9.47 Å². The van der Waals surface area contributed by atoms with Gasteiger partial charge in [0.15, 0.2) is 11.5 Å². The van der Waals surface area contributed by atoms with Crippen molar-refractivity contribution in [2.75, 3.05) is 14.2 Å². The van der Waals surface area contributed by atoms with Gasteiger partial charge in [0.05, 0.1) is 25.3 Å². The van der Waals surface area contributed by atoms with Crippen molar-refractivity contribution >= 4 is 10.9 Å². The number of aromatic hydroxyl groups is 1. The molecule has 0 saturated carbocycles. The lowest BCUT2D eigenvalue weighted by atomic mass is 10.0. The molecule has 0 aliphatic carbocycles. The molecule has 5 heteroatoms. The van der Waals surface area contributed by atoms with Gasteiger partial charge in [-0.1, -0.05) is 30.3 Å². The molecule has 2 N–H and O–H groups in total. The van der Waals surface area contributed by atoms with Crippen LogP contribution in [0.2, 0.25) is 0 Å². The zero-order valence-corrected chi connectivity index (χ0v) is 12.9. The van der Waals surface area contributed by atoms with Gasteiger partial charge in [-0.05, 0) is 11.6 Å². The minimum Gasteiger partial charge on any atom is -0.507 e. The summed E-state index contributed by atoms with van der Waals surface area (Å²) in [4.78, 5) is 15.1. The van der Waals surface area contributed by atoms with E-state index in [0.29, 0.717) is 34.4 Å². The molecular weight excluding hydrogens is 294 g/mol. The molecule has 118 valence electrons. The number of fused-ring (bicyclic) bond motifs is 1. The van der Waals surface area contributed by atoms with Crippen LogP contribution in [0.4, 0.5) is 0 Å². The summed E-state index contributed by atoms with van der Waals surface area (Å²) in [7, 11) is 3.04. The Labute approximate surface area is 133 Å². The maximum atomic E-state index is 12.3. The SMILES string of the molecule is COc1cc2[nH]c(=O)c(Cc3ccccc3)c(O)c2cc1OC. The Bertz CT molecular complexity index is 900. The van der Waals surface area contributed by atoms with Crippen molar-refractivity contribution in [1.29, 1.82) is 0 Å². The summed E-state index contributed by atoms with van der Waals surface area (Å²) in [6.45, 7) is 0. The van der Waals surface area contributed by atoms with Crippen molar-refractivity contribution in [2.24, 2.45) is 0 Å². The Hall–Kier alpha value is -2.95. The highest BCUT2D eigenvalue weighted by molar-refractivity contribution is 5.89. The van der Waals surface area contributed by atoms with Crippen molar-refractivity contribution in [3.8, 4) is 17.2 Å². The van der Waals surface area contributed by atoms with Gasteiger partial charge in [-0.15, -0.1) is 0 Å². The Morgan fingerprint density at radius 2 is 1.70 bits per heavy atom. The summed E-state index contributed by atoms with van der Waals surface area (Å²) in [6, 6.07) is 12.8. The predicted molar refractivity (Wildman–Crippen MR) is 88.6 cm³/mol. The molecule has 23 heavy (non-hydrogen) atoms. The summed E-state index contributed by atoms with van der Waals surface area (Å²) < 4.78 is 10.5. The van der Waals surface area contributed by atoms with Crippen molar-refractivity contribution in [2.45, 2.75) is 6.42 Å². The van der Waals surface area contributed by atoms with Crippen LogP contribution in [0.25, 0.3) is 10.9 Å². The molecule has 0 radical (unpaired) electrons. The number of methoxy groups -OCH3 is 2. The zero-order chi connectivity index (χ0) is 16.4. The summed E-state index contributed by atoms with van der Waals surface area (Å²) >= 11 is 0. The monoisotopic (exact) mass is 311 g/mol. The van der Waals surface area contributed by atoms with E-state index in [1.165, 1.54) is 14.2 Å². The fraction of sp³-hybridized carbons (Fsp3) is 0.167. The number of nitrogens with one attached hydrogen (secondary N) is 1. The molecule has 3 rings (SSSR count). The normalized spacial score (nSPS) is 10.7. The topological polar surface area (TPSA) is 71.6 Å². The summed E-state index contributed by atoms with van der Waals surface area (Å²) in [6.07, 6.45) is 0.353. The fourth-order valence-corrected chi connectivity index (χ4v) is 2.61. The number of hydrogen-bond donors (Lipinski definition) is 2. The van der Waals surface area contributed by atoms with Crippen LogP contribution in [0.5, 0.6) is 17.2 Å². The highest BCUT2D eigenvalue weighted by Crippen LogP contribution is 2.35. The number of aromatic nitrogens is 1. The van der Waals surface area contributed by atoms with E-state index in [1.807, 2.05) is 30.3 Å². The molecule has 3 aromatic rings. The van der Waals surface area contributed by atoms with Gasteiger partial charge in [0, 0.05) is 17.9 Å². The number of ether oxygens (including phenoxy) is 2. The molecule has 0 unspecified atom stereocenters. The minimum absolute atomic E-state index is 0.0337. The Balaban J connectivity index is 2.18. The molecule has 1 aromatic heterocycles. The second kappa shape index (κ2) is 6.04. The highest BCUT2D eigenvalue weighted by atomic mass is 16.5. The Morgan fingerprint density at radius 1 is 1.04 bits per heavy atom. The molecule has 0 aliphatic rings. The second-order valence-corrected chi connectivity index (χ2v) is 5.20. The maximum absolute atomic E-state index is 12.3. The van der Waals surface area contributed by atoms with Crippen LogP contribution in [0.1, 0.15) is 11.1 Å². The van der Waals surface area contributed by atoms with Crippen LogP contribution in [-0.4, -0.2) is 24.3 Å². The Kier molecular flexibility index (Phi) is 3.93. The smallest absolute Gasteiger partial charge is 0.255 e. The fourth-order valence-electron chi connectivity index (χ4n) is 2.61. The van der Waals surface area contributed by atoms with E-state index in [9.17, 15) is 9.90 Å². The van der Waals surface area contributed by atoms with Gasteiger partial charge in [0.2, 0.25) is 0 Å². The molecule has 1 heterocycles. The van der Waals surface area contributed by atoms with Crippen LogP contribution < -0.4 is 15.0 Å². The van der Waals surface area contributed by atoms with Crippen molar-refractivity contribution < 1.29 is 14.6 Å². The van der Waals surface area contributed by atoms with Crippen molar-refractivity contribution in [1.82, 2.24) is 4.98 Å². The third kappa shape index (κ3) is 2.73. The lowest BCUT2D eigenvalue weighted by Gasteiger charge is -2.12. The first-order valence-corrected chi connectivity index (χ1v) is 7.17. The molecule has 2 aromatic carbocycles. The largest absolute Gasteiger partial charge is 0.507 e. The van der Waals surface area contributed by atoms with Crippen LogP contribution in [0, 0.1) is 0 Å². The third-order valence-electron chi connectivity index (χ3n) is 3.81. The molecule has 0 bridgehead atoms. The second-order valence-electron chi connectivity index (χ2n) is 5.20. The molecule has 0 saturated heterocycles. The van der Waals surface area contributed by atoms with Gasteiger partial charge in [0.25, 0.3) is 5.56 Å². The van der Waals surface area contributed by atoms with E-state index in [0.717, 1.165) is 5.56 Å². The first kappa shape index (κ1) is 15.0. The van der Waals surface area contributed by atoms with Gasteiger partial charge in [-0.3, -0.25) is 4.79 Å². The lowest BCUT2D eigenvalue weighted by Crippen LogP contribution is -2.13. The molecular formula is C18H17NO4. The quantitative estimate of drug-likeness (QED) is 0.777. The van der Waals surface area contributed by atoms with Gasteiger partial charge in [-0.25, -0.2) is 0 Å². The van der Waals surface area contributed by atoms with Crippen LogP contribution in [0.15, 0.2) is 47.3 Å². The number of pyridine rings is 1. The number of benzene rings is 2. The molecule has 0 spiro atoms. The molecule has 0 atom stereocenters. The summed E-state index contributed by atoms with van der Waals surface area (Å²) in [5.41, 5.74) is 1.47.